The summed E-state index contributed by atoms with van der Waals surface area (Å²) in [7, 11) is 2.11. The van der Waals surface area contributed by atoms with Crippen molar-refractivity contribution in [2.45, 2.75) is 26.3 Å². The minimum atomic E-state index is 0.104. The Morgan fingerprint density at radius 1 is 1.37 bits per heavy atom. The van der Waals surface area contributed by atoms with Gasteiger partial charge in [-0.05, 0) is 51.6 Å². The van der Waals surface area contributed by atoms with Crippen molar-refractivity contribution in [1.82, 2.24) is 9.80 Å². The maximum atomic E-state index is 12.7. The second kappa shape index (κ2) is 5.61. The number of nitrogens with zero attached hydrogens (tertiary/aromatic N) is 2. The number of hydrogen-bond donors (Lipinski definition) is 1. The number of likely N-dealkylation sites (N-methyl/N-ethyl adjacent to an activating group) is 1. The van der Waals surface area contributed by atoms with Gasteiger partial charge in [-0.15, -0.1) is 0 Å². The van der Waals surface area contributed by atoms with Crippen molar-refractivity contribution in [2.75, 3.05) is 32.4 Å². The smallest absolute Gasteiger partial charge is 0.254 e. The summed E-state index contributed by atoms with van der Waals surface area (Å²) in [4.78, 5) is 17.0. The minimum absolute atomic E-state index is 0.104. The van der Waals surface area contributed by atoms with Gasteiger partial charge in [0.2, 0.25) is 0 Å². The molecule has 1 saturated heterocycles. The zero-order valence-corrected chi connectivity index (χ0v) is 12.0. The number of nitrogen functional groups attached to an aromatic ring is 1. The Labute approximate surface area is 115 Å². The van der Waals surface area contributed by atoms with E-state index >= 15 is 0 Å². The van der Waals surface area contributed by atoms with Crippen molar-refractivity contribution in [3.63, 3.8) is 0 Å². The van der Waals surface area contributed by atoms with E-state index in [4.69, 9.17) is 5.73 Å². The molecule has 0 bridgehead atoms. The average Bonchev–Trinajstić information content (AvgIpc) is 2.53. The lowest BCUT2D eigenvalue weighted by molar-refractivity contribution is 0.0696. The molecule has 0 aliphatic carbocycles. The predicted octanol–water partition coefficient (Wildman–Crippen LogP) is 1.74. The second-order valence-electron chi connectivity index (χ2n) is 5.48. The summed E-state index contributed by atoms with van der Waals surface area (Å²) < 4.78 is 0. The molecule has 4 heteroatoms. The summed E-state index contributed by atoms with van der Waals surface area (Å²) in [5.74, 6) is 0.104. The number of carbonyl (C=O) groups excluding carboxylic acids is 1. The molecule has 2 N–H and O–H groups in total. The zero-order valence-electron chi connectivity index (χ0n) is 12.0. The molecule has 0 aromatic heterocycles. The van der Waals surface area contributed by atoms with Gasteiger partial charge in [-0.1, -0.05) is 6.07 Å². The molecular formula is C15H23N3O. The molecule has 1 atom stereocenters. The molecule has 1 aliphatic heterocycles. The first kappa shape index (κ1) is 13.9. The zero-order chi connectivity index (χ0) is 14.0. The van der Waals surface area contributed by atoms with Gasteiger partial charge in [0.25, 0.3) is 5.91 Å². The van der Waals surface area contributed by atoms with E-state index in [1.807, 2.05) is 30.0 Å². The highest BCUT2D eigenvalue weighted by Gasteiger charge is 2.25. The van der Waals surface area contributed by atoms with Gasteiger partial charge in [-0.25, -0.2) is 0 Å². The van der Waals surface area contributed by atoms with Gasteiger partial charge in [0.15, 0.2) is 0 Å². The molecular weight excluding hydrogens is 238 g/mol. The first-order valence-electron chi connectivity index (χ1n) is 6.85. The fraction of sp³-hybridized carbons (Fsp3) is 0.533. The maximum Gasteiger partial charge on any atom is 0.254 e. The van der Waals surface area contributed by atoms with Crippen LogP contribution in [-0.2, 0) is 0 Å². The molecule has 1 aromatic carbocycles. The average molecular weight is 261 g/mol. The molecule has 1 unspecified atom stereocenters. The Balaban J connectivity index is 2.25. The molecule has 0 saturated carbocycles. The largest absolute Gasteiger partial charge is 0.398 e. The van der Waals surface area contributed by atoms with Crippen LogP contribution in [0.15, 0.2) is 18.2 Å². The molecule has 0 radical (unpaired) electrons. The molecule has 1 amide bonds. The SMILES string of the molecule is Cc1c(N)cccc1C(=O)N1CCCN(C)CC1C. The number of rotatable bonds is 1. The van der Waals surface area contributed by atoms with Gasteiger partial charge < -0.3 is 15.5 Å². The van der Waals surface area contributed by atoms with Crippen LogP contribution in [-0.4, -0.2) is 48.4 Å². The molecule has 104 valence electrons. The van der Waals surface area contributed by atoms with Crippen LogP contribution in [0.4, 0.5) is 5.69 Å². The van der Waals surface area contributed by atoms with Gasteiger partial charge >= 0.3 is 0 Å². The topological polar surface area (TPSA) is 49.6 Å². The third kappa shape index (κ3) is 2.89. The van der Waals surface area contributed by atoms with Gasteiger partial charge in [-0.3, -0.25) is 4.79 Å². The van der Waals surface area contributed by atoms with Crippen molar-refractivity contribution in [1.29, 1.82) is 0 Å². The van der Waals surface area contributed by atoms with Crippen molar-refractivity contribution in [3.8, 4) is 0 Å². The lowest BCUT2D eigenvalue weighted by Gasteiger charge is -2.28. The van der Waals surface area contributed by atoms with Gasteiger partial charge in [0.05, 0.1) is 0 Å². The highest BCUT2D eigenvalue weighted by Crippen LogP contribution is 2.20. The number of benzene rings is 1. The lowest BCUT2D eigenvalue weighted by Crippen LogP contribution is -2.42. The van der Waals surface area contributed by atoms with E-state index in [1.165, 1.54) is 0 Å². The van der Waals surface area contributed by atoms with Crippen LogP contribution < -0.4 is 5.73 Å². The molecule has 4 nitrogen and oxygen atoms in total. The lowest BCUT2D eigenvalue weighted by atomic mass is 10.0. The molecule has 1 fully saturated rings. The summed E-state index contributed by atoms with van der Waals surface area (Å²) in [5, 5.41) is 0. The predicted molar refractivity (Wildman–Crippen MR) is 78.2 cm³/mol. The minimum Gasteiger partial charge on any atom is -0.398 e. The fourth-order valence-corrected chi connectivity index (χ4v) is 2.71. The summed E-state index contributed by atoms with van der Waals surface area (Å²) in [6.07, 6.45) is 1.02. The van der Waals surface area contributed by atoms with Crippen molar-refractivity contribution >= 4 is 11.6 Å². The monoisotopic (exact) mass is 261 g/mol. The van der Waals surface area contributed by atoms with Crippen LogP contribution in [0.5, 0.6) is 0 Å². The maximum absolute atomic E-state index is 12.7. The first-order valence-corrected chi connectivity index (χ1v) is 6.85. The van der Waals surface area contributed by atoms with E-state index in [9.17, 15) is 4.79 Å². The van der Waals surface area contributed by atoms with Gasteiger partial charge in [-0.2, -0.15) is 0 Å². The molecule has 2 rings (SSSR count). The van der Waals surface area contributed by atoms with E-state index in [0.29, 0.717) is 5.69 Å². The van der Waals surface area contributed by atoms with Crippen LogP contribution in [0.3, 0.4) is 0 Å². The summed E-state index contributed by atoms with van der Waals surface area (Å²) in [5.41, 5.74) is 8.20. The Bertz CT molecular complexity index is 472. The molecule has 1 heterocycles. The second-order valence-corrected chi connectivity index (χ2v) is 5.48. The Morgan fingerprint density at radius 3 is 2.84 bits per heavy atom. The fourth-order valence-electron chi connectivity index (χ4n) is 2.71. The van der Waals surface area contributed by atoms with Crippen LogP contribution in [0, 0.1) is 6.92 Å². The summed E-state index contributed by atoms with van der Waals surface area (Å²) >= 11 is 0. The van der Waals surface area contributed by atoms with Crippen LogP contribution in [0.2, 0.25) is 0 Å². The highest BCUT2D eigenvalue weighted by molar-refractivity contribution is 5.97. The van der Waals surface area contributed by atoms with Crippen molar-refractivity contribution < 1.29 is 4.79 Å². The van der Waals surface area contributed by atoms with Crippen LogP contribution >= 0.6 is 0 Å². The van der Waals surface area contributed by atoms with Crippen molar-refractivity contribution in [3.05, 3.63) is 29.3 Å². The molecule has 19 heavy (non-hydrogen) atoms. The van der Waals surface area contributed by atoms with E-state index in [-0.39, 0.29) is 11.9 Å². The quantitative estimate of drug-likeness (QED) is 0.783. The van der Waals surface area contributed by atoms with E-state index in [1.54, 1.807) is 0 Å². The first-order chi connectivity index (χ1) is 9.00. The Hall–Kier alpha value is -1.55. The Morgan fingerprint density at radius 2 is 2.11 bits per heavy atom. The number of hydrogen-bond acceptors (Lipinski definition) is 3. The molecule has 1 aliphatic rings. The van der Waals surface area contributed by atoms with Gasteiger partial charge in [0.1, 0.15) is 0 Å². The van der Waals surface area contributed by atoms with Crippen LogP contribution in [0.25, 0.3) is 0 Å². The van der Waals surface area contributed by atoms with Crippen molar-refractivity contribution in [2.24, 2.45) is 0 Å². The number of carbonyl (C=O) groups is 1. The normalized spacial score (nSPS) is 21.2. The Kier molecular flexibility index (Phi) is 4.10. The van der Waals surface area contributed by atoms with Gasteiger partial charge in [0, 0.05) is 30.4 Å². The highest BCUT2D eigenvalue weighted by atomic mass is 16.2. The van der Waals surface area contributed by atoms with E-state index < -0.39 is 0 Å². The number of amides is 1. The molecule has 0 spiro atoms. The van der Waals surface area contributed by atoms with E-state index in [0.717, 1.165) is 37.2 Å². The number of nitrogens with two attached hydrogens (primary N) is 1. The third-order valence-electron chi connectivity index (χ3n) is 3.91. The van der Waals surface area contributed by atoms with Crippen LogP contribution in [0.1, 0.15) is 29.3 Å². The number of anilines is 1. The summed E-state index contributed by atoms with van der Waals surface area (Å²) in [6, 6.07) is 5.80. The standard InChI is InChI=1S/C15H23N3O/c1-11-10-17(3)8-5-9-18(11)15(19)13-6-4-7-14(16)12(13)2/h4,6-7,11H,5,8-10,16H2,1-3H3. The summed E-state index contributed by atoms with van der Waals surface area (Å²) in [6.45, 7) is 6.81. The molecule has 1 aromatic rings. The van der Waals surface area contributed by atoms with E-state index in [2.05, 4.69) is 18.9 Å². The third-order valence-corrected chi connectivity index (χ3v) is 3.91.